The molecule has 0 bridgehead atoms. The van der Waals surface area contributed by atoms with Crippen LogP contribution in [0.15, 0.2) is 4.99 Å². The lowest BCUT2D eigenvalue weighted by Crippen LogP contribution is -2.36. The van der Waals surface area contributed by atoms with Crippen molar-refractivity contribution in [2.45, 2.75) is 38.5 Å². The molecule has 6 heteroatoms. The van der Waals surface area contributed by atoms with Crippen molar-refractivity contribution in [3.05, 3.63) is 0 Å². The van der Waals surface area contributed by atoms with Gasteiger partial charge in [0.25, 0.3) is 0 Å². The van der Waals surface area contributed by atoms with Gasteiger partial charge < -0.3 is 10.6 Å². The van der Waals surface area contributed by atoms with Crippen LogP contribution in [0.2, 0.25) is 0 Å². The number of amidine groups is 1. The molecule has 0 aromatic rings. The third-order valence-corrected chi connectivity index (χ3v) is 4.13. The van der Waals surface area contributed by atoms with Crippen LogP contribution in [0.3, 0.4) is 0 Å². The predicted molar refractivity (Wildman–Crippen MR) is 67.8 cm³/mol. The number of amides is 2. The lowest BCUT2D eigenvalue weighted by atomic mass is 9.86. The summed E-state index contributed by atoms with van der Waals surface area (Å²) in [5, 5.41) is 5.97. The number of thioether (sulfide) groups is 1. The molecule has 2 amide bonds. The number of aliphatic imine (C=N–C) groups is 1. The number of nitrogens with one attached hydrogen (secondary N) is 2. The smallest absolute Gasteiger partial charge is 0.235 e. The van der Waals surface area contributed by atoms with Crippen LogP contribution in [-0.4, -0.2) is 34.8 Å². The van der Waals surface area contributed by atoms with Gasteiger partial charge in [-0.25, -0.2) is 0 Å². The number of carbonyl (C=O) groups excluding carboxylic acids is 2. The summed E-state index contributed by atoms with van der Waals surface area (Å²) in [5.41, 5.74) is 0.0464. The summed E-state index contributed by atoms with van der Waals surface area (Å²) in [6.07, 6.45) is 0.854. The molecule has 2 rings (SSSR count). The third-order valence-electron chi connectivity index (χ3n) is 2.92. The quantitative estimate of drug-likeness (QED) is 0.662. The van der Waals surface area contributed by atoms with E-state index in [1.54, 1.807) is 0 Å². The Balaban J connectivity index is 2.16. The van der Waals surface area contributed by atoms with Gasteiger partial charge in [0.1, 0.15) is 5.25 Å². The van der Waals surface area contributed by atoms with Gasteiger partial charge in [-0.05, 0) is 11.8 Å². The summed E-state index contributed by atoms with van der Waals surface area (Å²) in [6.45, 7) is 6.37. The molecule has 0 spiro atoms. The van der Waals surface area contributed by atoms with Crippen molar-refractivity contribution in [3.63, 3.8) is 0 Å². The number of nitrogens with zero attached hydrogens (tertiary/aromatic N) is 1. The number of fused-ring (bicyclic) bond motifs is 1. The van der Waals surface area contributed by atoms with Crippen LogP contribution >= 0.6 is 11.8 Å². The second-order valence-corrected chi connectivity index (χ2v) is 6.44. The van der Waals surface area contributed by atoms with E-state index in [1.807, 2.05) is 0 Å². The standard InChI is InChI=1S/C11H17N3O2S/c1-6(15)13-10-14-7-4-11(2,3)5-12-9(16)8(7)17-10/h7-8H,4-5H2,1-3H3,(H,12,16)(H,13,14,15). The Hall–Kier alpha value is -1.04. The maximum atomic E-state index is 11.9. The van der Waals surface area contributed by atoms with Gasteiger partial charge in [-0.1, -0.05) is 25.6 Å². The minimum atomic E-state index is -0.196. The molecule has 0 radical (unpaired) electrons. The second-order valence-electron chi connectivity index (χ2n) is 5.31. The zero-order valence-corrected chi connectivity index (χ0v) is 11.1. The van der Waals surface area contributed by atoms with Crippen molar-refractivity contribution in [2.24, 2.45) is 10.4 Å². The predicted octanol–water partition coefficient (Wildman–Crippen LogP) is 0.509. The highest BCUT2D eigenvalue weighted by atomic mass is 32.2. The first-order valence-corrected chi connectivity index (χ1v) is 6.55. The van der Waals surface area contributed by atoms with Crippen LogP contribution in [0, 0.1) is 5.41 Å². The molecule has 2 atom stereocenters. The third kappa shape index (κ3) is 2.80. The summed E-state index contributed by atoms with van der Waals surface area (Å²) in [6, 6.07) is -0.0284. The summed E-state index contributed by atoms with van der Waals surface area (Å²) in [4.78, 5) is 27.3. The van der Waals surface area contributed by atoms with E-state index in [1.165, 1.54) is 18.7 Å². The molecule has 5 nitrogen and oxygen atoms in total. The van der Waals surface area contributed by atoms with E-state index in [4.69, 9.17) is 0 Å². The number of hydrogen-bond acceptors (Lipinski definition) is 4. The Morgan fingerprint density at radius 3 is 2.94 bits per heavy atom. The highest BCUT2D eigenvalue weighted by Gasteiger charge is 2.42. The van der Waals surface area contributed by atoms with Gasteiger partial charge in [-0.2, -0.15) is 0 Å². The first-order chi connectivity index (χ1) is 7.87. The molecule has 1 saturated heterocycles. The highest BCUT2D eigenvalue weighted by Crippen LogP contribution is 2.36. The normalized spacial score (nSPS) is 31.0. The average Bonchev–Trinajstić information content (AvgIpc) is 2.51. The van der Waals surface area contributed by atoms with Crippen LogP contribution in [0.1, 0.15) is 27.2 Å². The molecule has 0 aromatic heterocycles. The molecular formula is C11H17N3O2S. The fraction of sp³-hybridized carbons (Fsp3) is 0.727. The summed E-state index contributed by atoms with van der Waals surface area (Å²) < 4.78 is 0. The molecule has 2 aliphatic rings. The number of carbonyl (C=O) groups is 2. The molecule has 0 saturated carbocycles. The van der Waals surface area contributed by atoms with E-state index in [9.17, 15) is 9.59 Å². The maximum Gasteiger partial charge on any atom is 0.235 e. The average molecular weight is 255 g/mol. The van der Waals surface area contributed by atoms with Gasteiger partial charge in [-0.15, -0.1) is 0 Å². The molecule has 2 N–H and O–H groups in total. The van der Waals surface area contributed by atoms with Gasteiger partial charge in [0, 0.05) is 13.5 Å². The first-order valence-electron chi connectivity index (χ1n) is 5.67. The van der Waals surface area contributed by atoms with Gasteiger partial charge in [0.05, 0.1) is 6.04 Å². The van der Waals surface area contributed by atoms with E-state index in [0.29, 0.717) is 11.7 Å². The van der Waals surface area contributed by atoms with E-state index < -0.39 is 0 Å². The second kappa shape index (κ2) is 4.33. The van der Waals surface area contributed by atoms with E-state index >= 15 is 0 Å². The monoisotopic (exact) mass is 255 g/mol. The Kier molecular flexibility index (Phi) is 3.16. The molecule has 94 valence electrons. The summed E-state index contributed by atoms with van der Waals surface area (Å²) in [7, 11) is 0. The van der Waals surface area contributed by atoms with Crippen molar-refractivity contribution < 1.29 is 9.59 Å². The van der Waals surface area contributed by atoms with E-state index in [-0.39, 0.29) is 28.5 Å². The van der Waals surface area contributed by atoms with Crippen molar-refractivity contribution in [1.29, 1.82) is 0 Å². The lowest BCUT2D eigenvalue weighted by Gasteiger charge is -2.23. The molecule has 0 aliphatic carbocycles. The van der Waals surface area contributed by atoms with Crippen LogP contribution in [0.4, 0.5) is 0 Å². The first kappa shape index (κ1) is 12.4. The van der Waals surface area contributed by atoms with E-state index in [2.05, 4.69) is 29.5 Å². The Morgan fingerprint density at radius 1 is 1.59 bits per heavy atom. The van der Waals surface area contributed by atoms with Gasteiger partial charge in [0.2, 0.25) is 11.8 Å². The Bertz CT molecular complexity index is 392. The number of rotatable bonds is 0. The zero-order valence-electron chi connectivity index (χ0n) is 10.2. The molecule has 2 unspecified atom stereocenters. The lowest BCUT2D eigenvalue weighted by molar-refractivity contribution is -0.120. The summed E-state index contributed by atoms with van der Waals surface area (Å²) >= 11 is 1.35. The van der Waals surface area contributed by atoms with Crippen LogP contribution in [-0.2, 0) is 9.59 Å². The SMILES string of the molecule is CC(=O)NC1=NC2CC(C)(C)CNC(=O)C2S1. The topological polar surface area (TPSA) is 70.6 Å². The van der Waals surface area contributed by atoms with Gasteiger partial charge in [0.15, 0.2) is 5.17 Å². The van der Waals surface area contributed by atoms with Gasteiger partial charge >= 0.3 is 0 Å². The van der Waals surface area contributed by atoms with Crippen molar-refractivity contribution in [2.75, 3.05) is 6.54 Å². The van der Waals surface area contributed by atoms with Crippen molar-refractivity contribution in [1.82, 2.24) is 10.6 Å². The zero-order chi connectivity index (χ0) is 12.6. The molecule has 0 aromatic carbocycles. The van der Waals surface area contributed by atoms with Crippen molar-refractivity contribution in [3.8, 4) is 0 Å². The largest absolute Gasteiger partial charge is 0.355 e. The van der Waals surface area contributed by atoms with Crippen molar-refractivity contribution >= 4 is 28.7 Å². The molecule has 1 fully saturated rings. The fourth-order valence-electron chi connectivity index (χ4n) is 2.11. The van der Waals surface area contributed by atoms with Crippen LogP contribution in [0.25, 0.3) is 0 Å². The van der Waals surface area contributed by atoms with Gasteiger partial charge in [-0.3, -0.25) is 14.6 Å². The molecule has 2 aliphatic heterocycles. The maximum absolute atomic E-state index is 11.9. The summed E-state index contributed by atoms with van der Waals surface area (Å²) in [5.74, 6) is -0.123. The molecule has 2 heterocycles. The van der Waals surface area contributed by atoms with Crippen LogP contribution in [0.5, 0.6) is 0 Å². The molecule has 17 heavy (non-hydrogen) atoms. The highest BCUT2D eigenvalue weighted by molar-refractivity contribution is 8.15. The Labute approximate surface area is 105 Å². The Morgan fingerprint density at radius 2 is 2.29 bits per heavy atom. The fourth-order valence-corrected chi connectivity index (χ4v) is 3.25. The van der Waals surface area contributed by atoms with E-state index in [0.717, 1.165) is 6.42 Å². The molecular weight excluding hydrogens is 238 g/mol. The number of hydrogen-bond donors (Lipinski definition) is 2. The van der Waals surface area contributed by atoms with Crippen LogP contribution < -0.4 is 10.6 Å². The minimum Gasteiger partial charge on any atom is -0.355 e. The minimum absolute atomic E-state index is 0.0228.